The Morgan fingerprint density at radius 3 is 2.35 bits per heavy atom. The van der Waals surface area contributed by atoms with E-state index in [0.717, 1.165) is 26.1 Å². The summed E-state index contributed by atoms with van der Waals surface area (Å²) in [6.45, 7) is 13.5. The van der Waals surface area contributed by atoms with Crippen LogP contribution >= 0.6 is 0 Å². The first kappa shape index (κ1) is 14.5. The minimum absolute atomic E-state index is 0.184. The van der Waals surface area contributed by atoms with Crippen molar-refractivity contribution in [3.05, 3.63) is 0 Å². The molecule has 1 aliphatic heterocycles. The molecular formula is C14H28N2O. The zero-order chi connectivity index (χ0) is 13.1. The zero-order valence-corrected chi connectivity index (χ0v) is 12.0. The van der Waals surface area contributed by atoms with Gasteiger partial charge >= 0.3 is 0 Å². The lowest BCUT2D eigenvalue weighted by atomic mass is 9.75. The third-order valence-electron chi connectivity index (χ3n) is 4.47. The molecule has 1 saturated heterocycles. The Bertz CT molecular complexity index is 255. The van der Waals surface area contributed by atoms with E-state index < -0.39 is 0 Å². The number of nitrogens with one attached hydrogen (secondary N) is 2. The van der Waals surface area contributed by atoms with Crippen LogP contribution in [0.4, 0.5) is 0 Å². The lowest BCUT2D eigenvalue weighted by Gasteiger charge is -2.32. The third kappa shape index (κ3) is 3.21. The maximum absolute atomic E-state index is 12.4. The van der Waals surface area contributed by atoms with E-state index in [0.29, 0.717) is 17.8 Å². The molecule has 17 heavy (non-hydrogen) atoms. The highest BCUT2D eigenvalue weighted by atomic mass is 16.2. The molecule has 0 aromatic rings. The van der Waals surface area contributed by atoms with Crippen LogP contribution in [0.5, 0.6) is 0 Å². The Morgan fingerprint density at radius 2 is 1.94 bits per heavy atom. The van der Waals surface area contributed by atoms with E-state index >= 15 is 0 Å². The molecule has 0 radical (unpaired) electrons. The highest BCUT2D eigenvalue weighted by Crippen LogP contribution is 2.34. The van der Waals surface area contributed by atoms with Crippen LogP contribution in [0.2, 0.25) is 0 Å². The predicted molar refractivity (Wildman–Crippen MR) is 71.8 cm³/mol. The summed E-state index contributed by atoms with van der Waals surface area (Å²) in [5, 5.41) is 6.47. The highest BCUT2D eigenvalue weighted by molar-refractivity contribution is 5.83. The van der Waals surface area contributed by atoms with Crippen molar-refractivity contribution in [3.63, 3.8) is 0 Å². The summed E-state index contributed by atoms with van der Waals surface area (Å²) in [4.78, 5) is 12.4. The van der Waals surface area contributed by atoms with Gasteiger partial charge in [0.15, 0.2) is 0 Å². The minimum Gasteiger partial charge on any atom is -0.355 e. The molecule has 0 aromatic heterocycles. The van der Waals surface area contributed by atoms with E-state index in [1.807, 2.05) is 0 Å². The highest BCUT2D eigenvalue weighted by Gasteiger charge is 2.43. The standard InChI is InChI=1S/C14H28N2O/c1-10(2)12(5)8-16-13(17)14(11(3)4)6-7-15-9-14/h10-12,15H,6-9H2,1-5H3,(H,16,17). The van der Waals surface area contributed by atoms with Gasteiger partial charge in [-0.1, -0.05) is 34.6 Å². The lowest BCUT2D eigenvalue weighted by molar-refractivity contribution is -0.132. The first-order valence-corrected chi connectivity index (χ1v) is 6.89. The van der Waals surface area contributed by atoms with Gasteiger partial charge in [-0.25, -0.2) is 0 Å². The Hall–Kier alpha value is -0.570. The van der Waals surface area contributed by atoms with Crippen LogP contribution in [0.15, 0.2) is 0 Å². The summed E-state index contributed by atoms with van der Waals surface area (Å²) < 4.78 is 0. The molecule has 1 fully saturated rings. The molecular weight excluding hydrogens is 212 g/mol. The van der Waals surface area contributed by atoms with Crippen molar-refractivity contribution in [1.82, 2.24) is 10.6 Å². The summed E-state index contributed by atoms with van der Waals surface area (Å²) in [6.07, 6.45) is 0.965. The van der Waals surface area contributed by atoms with E-state index in [1.165, 1.54) is 0 Å². The Morgan fingerprint density at radius 1 is 1.29 bits per heavy atom. The lowest BCUT2D eigenvalue weighted by Crippen LogP contribution is -2.47. The van der Waals surface area contributed by atoms with Crippen LogP contribution in [-0.4, -0.2) is 25.5 Å². The zero-order valence-electron chi connectivity index (χ0n) is 12.0. The van der Waals surface area contributed by atoms with Crippen molar-refractivity contribution in [2.75, 3.05) is 19.6 Å². The first-order chi connectivity index (χ1) is 7.90. The molecule has 1 amide bonds. The van der Waals surface area contributed by atoms with Gasteiger partial charge in [-0.15, -0.1) is 0 Å². The first-order valence-electron chi connectivity index (χ1n) is 6.89. The molecule has 0 aromatic carbocycles. The average molecular weight is 240 g/mol. The fraction of sp³-hybridized carbons (Fsp3) is 0.929. The van der Waals surface area contributed by atoms with Crippen molar-refractivity contribution >= 4 is 5.91 Å². The van der Waals surface area contributed by atoms with Crippen LogP contribution in [0.25, 0.3) is 0 Å². The van der Waals surface area contributed by atoms with Gasteiger partial charge in [0.25, 0.3) is 0 Å². The number of hydrogen-bond donors (Lipinski definition) is 2. The molecule has 1 heterocycles. The Kier molecular flexibility index (Phi) is 4.99. The second kappa shape index (κ2) is 5.85. The topological polar surface area (TPSA) is 41.1 Å². The van der Waals surface area contributed by atoms with E-state index in [1.54, 1.807) is 0 Å². The van der Waals surface area contributed by atoms with Gasteiger partial charge in [0.05, 0.1) is 5.41 Å². The van der Waals surface area contributed by atoms with Crippen molar-refractivity contribution in [1.29, 1.82) is 0 Å². The van der Waals surface area contributed by atoms with Gasteiger partial charge in [-0.3, -0.25) is 4.79 Å². The van der Waals surface area contributed by atoms with Crippen LogP contribution in [0.3, 0.4) is 0 Å². The summed E-state index contributed by atoms with van der Waals surface area (Å²) in [5.74, 6) is 1.79. The molecule has 0 saturated carbocycles. The molecule has 1 rings (SSSR count). The second-order valence-electron chi connectivity index (χ2n) is 6.17. The number of amides is 1. The molecule has 0 bridgehead atoms. The molecule has 0 aliphatic carbocycles. The maximum Gasteiger partial charge on any atom is 0.227 e. The van der Waals surface area contributed by atoms with Crippen molar-refractivity contribution < 1.29 is 4.79 Å². The summed E-state index contributed by atoms with van der Waals surface area (Å²) >= 11 is 0. The average Bonchev–Trinajstić information content (AvgIpc) is 2.75. The van der Waals surface area contributed by atoms with Gasteiger partial charge in [0.2, 0.25) is 5.91 Å². The molecule has 3 nitrogen and oxygen atoms in total. The smallest absolute Gasteiger partial charge is 0.227 e. The van der Waals surface area contributed by atoms with E-state index in [4.69, 9.17) is 0 Å². The van der Waals surface area contributed by atoms with Crippen LogP contribution in [-0.2, 0) is 4.79 Å². The number of carbonyl (C=O) groups is 1. The van der Waals surface area contributed by atoms with Gasteiger partial charge < -0.3 is 10.6 Å². The van der Waals surface area contributed by atoms with Crippen molar-refractivity contribution in [3.8, 4) is 0 Å². The molecule has 2 unspecified atom stereocenters. The van der Waals surface area contributed by atoms with Gasteiger partial charge in [0, 0.05) is 13.1 Å². The summed E-state index contributed by atoms with van der Waals surface area (Å²) in [7, 11) is 0. The molecule has 2 N–H and O–H groups in total. The monoisotopic (exact) mass is 240 g/mol. The summed E-state index contributed by atoms with van der Waals surface area (Å²) in [6, 6.07) is 0. The Labute approximate surface area is 106 Å². The summed E-state index contributed by atoms with van der Waals surface area (Å²) in [5.41, 5.74) is -0.184. The largest absolute Gasteiger partial charge is 0.355 e. The van der Waals surface area contributed by atoms with Gasteiger partial charge in [-0.2, -0.15) is 0 Å². The third-order valence-corrected chi connectivity index (χ3v) is 4.47. The SMILES string of the molecule is CC(C)C(C)CNC(=O)C1(C(C)C)CCNC1. The second-order valence-corrected chi connectivity index (χ2v) is 6.17. The van der Waals surface area contributed by atoms with Crippen molar-refractivity contribution in [2.45, 2.75) is 41.0 Å². The van der Waals surface area contributed by atoms with Crippen LogP contribution < -0.4 is 10.6 Å². The normalized spacial score (nSPS) is 26.5. The molecule has 1 aliphatic rings. The van der Waals surface area contributed by atoms with Crippen molar-refractivity contribution in [2.24, 2.45) is 23.2 Å². The van der Waals surface area contributed by atoms with Gasteiger partial charge in [-0.05, 0) is 30.7 Å². The van der Waals surface area contributed by atoms with Gasteiger partial charge in [0.1, 0.15) is 0 Å². The number of rotatable bonds is 5. The van der Waals surface area contributed by atoms with Crippen LogP contribution in [0, 0.1) is 23.2 Å². The number of carbonyl (C=O) groups excluding carboxylic acids is 1. The molecule has 3 heteroatoms. The Balaban J connectivity index is 2.56. The van der Waals surface area contributed by atoms with Crippen LogP contribution in [0.1, 0.15) is 41.0 Å². The van der Waals surface area contributed by atoms with E-state index in [9.17, 15) is 4.79 Å². The molecule has 0 spiro atoms. The maximum atomic E-state index is 12.4. The van der Waals surface area contributed by atoms with E-state index in [-0.39, 0.29) is 11.3 Å². The fourth-order valence-corrected chi connectivity index (χ4v) is 2.33. The quantitative estimate of drug-likeness (QED) is 0.772. The molecule has 100 valence electrons. The van der Waals surface area contributed by atoms with E-state index in [2.05, 4.69) is 45.3 Å². The predicted octanol–water partition coefficient (Wildman–Crippen LogP) is 2.03. The number of hydrogen-bond acceptors (Lipinski definition) is 2. The molecule has 2 atom stereocenters. The minimum atomic E-state index is -0.184. The fourth-order valence-electron chi connectivity index (χ4n) is 2.33.